The van der Waals surface area contributed by atoms with E-state index in [4.69, 9.17) is 5.73 Å². The van der Waals surface area contributed by atoms with E-state index >= 15 is 0 Å². The molecule has 2 aliphatic rings. The summed E-state index contributed by atoms with van der Waals surface area (Å²) in [5.41, 5.74) is 5.93. The highest BCUT2D eigenvalue weighted by molar-refractivity contribution is 9.10. The molecule has 2 fully saturated rings. The maximum absolute atomic E-state index is 12.5. The van der Waals surface area contributed by atoms with Crippen molar-refractivity contribution in [2.75, 3.05) is 17.2 Å². The Morgan fingerprint density at radius 2 is 2.19 bits per heavy atom. The molecule has 3 N–H and O–H groups in total. The molecule has 2 heterocycles. The molecule has 1 aliphatic heterocycles. The number of piperidine rings is 1. The predicted octanol–water partition coefficient (Wildman–Crippen LogP) is 1.81. The first-order valence-electron chi connectivity index (χ1n) is 8.68. The molecule has 9 heteroatoms. The van der Waals surface area contributed by atoms with E-state index in [0.717, 1.165) is 5.56 Å². The fraction of sp³-hybridized carbons (Fsp3) is 0.444. The number of pyridine rings is 1. The van der Waals surface area contributed by atoms with Crippen LogP contribution in [0.15, 0.2) is 36.0 Å². The quantitative estimate of drug-likeness (QED) is 0.336. The molecular weight excluding hydrogens is 432 g/mol. The minimum atomic E-state index is -3.46. The van der Waals surface area contributed by atoms with Crippen LogP contribution in [-0.2, 0) is 14.8 Å². The Hall–Kier alpha value is -1.71. The molecule has 3 atom stereocenters. The summed E-state index contributed by atoms with van der Waals surface area (Å²) in [6.45, 7) is 7.72. The number of hydrogen-bond acceptors (Lipinski definition) is 5. The van der Waals surface area contributed by atoms with Crippen LogP contribution in [0.25, 0.3) is 6.08 Å². The van der Waals surface area contributed by atoms with Crippen LogP contribution in [0.5, 0.6) is 0 Å². The molecule has 1 aromatic rings. The Labute approximate surface area is 167 Å². The molecule has 1 saturated carbocycles. The smallest absolute Gasteiger partial charge is 0.240 e. The van der Waals surface area contributed by atoms with Gasteiger partial charge in [-0.3, -0.25) is 4.79 Å². The van der Waals surface area contributed by atoms with Crippen LogP contribution in [0, 0.1) is 5.41 Å². The van der Waals surface area contributed by atoms with Gasteiger partial charge in [-0.25, -0.2) is 18.1 Å². The van der Waals surface area contributed by atoms with Gasteiger partial charge in [-0.2, -0.15) is 0 Å². The second kappa shape index (κ2) is 7.37. The van der Waals surface area contributed by atoms with Gasteiger partial charge >= 0.3 is 0 Å². The van der Waals surface area contributed by atoms with Crippen molar-refractivity contribution in [2.45, 2.75) is 31.3 Å². The van der Waals surface area contributed by atoms with E-state index in [1.54, 1.807) is 18.2 Å². The molecule has 1 aromatic heterocycles. The lowest BCUT2D eigenvalue weighted by Gasteiger charge is -2.27. The van der Waals surface area contributed by atoms with E-state index in [-0.39, 0.29) is 11.8 Å². The summed E-state index contributed by atoms with van der Waals surface area (Å²) in [5.74, 6) is 0.0967. The molecule has 7 nitrogen and oxygen atoms in total. The number of hydrogen-bond donors (Lipinski definition) is 2. The van der Waals surface area contributed by atoms with Crippen LogP contribution in [0.3, 0.4) is 0 Å². The average Bonchev–Trinajstić information content (AvgIpc) is 3.17. The second-order valence-electron chi connectivity index (χ2n) is 7.09. The highest BCUT2D eigenvalue weighted by atomic mass is 79.9. The number of sulfonamides is 1. The van der Waals surface area contributed by atoms with E-state index in [0.29, 0.717) is 36.2 Å². The molecule has 0 aromatic carbocycles. The first-order valence-corrected chi connectivity index (χ1v) is 11.1. The number of halogens is 1. The zero-order chi connectivity index (χ0) is 19.8. The Balaban J connectivity index is 1.88. The summed E-state index contributed by atoms with van der Waals surface area (Å²) in [4.78, 5) is 18.5. The summed E-state index contributed by atoms with van der Waals surface area (Å²) in [6, 6.07) is 2.97. The third kappa shape index (κ3) is 3.95. The van der Waals surface area contributed by atoms with E-state index in [2.05, 4.69) is 38.8 Å². The summed E-state index contributed by atoms with van der Waals surface area (Å²) in [5, 5.41) is 0. The lowest BCUT2D eigenvalue weighted by Crippen LogP contribution is -2.43. The number of primary amides is 1. The Morgan fingerprint density at radius 3 is 2.81 bits per heavy atom. The maximum atomic E-state index is 12.5. The van der Waals surface area contributed by atoms with Gasteiger partial charge in [0.2, 0.25) is 15.9 Å². The van der Waals surface area contributed by atoms with Crippen molar-refractivity contribution < 1.29 is 13.2 Å². The Bertz CT molecular complexity index is 889. The van der Waals surface area contributed by atoms with Crippen LogP contribution >= 0.6 is 15.9 Å². The molecule has 0 spiro atoms. The molecule has 1 aliphatic carbocycles. The molecule has 27 heavy (non-hydrogen) atoms. The van der Waals surface area contributed by atoms with Crippen molar-refractivity contribution in [3.05, 3.63) is 41.5 Å². The van der Waals surface area contributed by atoms with Crippen molar-refractivity contribution in [3.8, 4) is 0 Å². The number of carbonyl (C=O) groups is 1. The molecule has 146 valence electrons. The fourth-order valence-corrected chi connectivity index (χ4v) is 5.95. The number of nitrogens with two attached hydrogens (primary N) is 1. The van der Waals surface area contributed by atoms with Crippen molar-refractivity contribution in [1.29, 1.82) is 0 Å². The first-order chi connectivity index (χ1) is 12.7. The van der Waals surface area contributed by atoms with Crippen LogP contribution in [0.2, 0.25) is 0 Å². The lowest BCUT2D eigenvalue weighted by atomic mass is 10.0. The summed E-state index contributed by atoms with van der Waals surface area (Å²) < 4.78 is 28.2. The Morgan fingerprint density at radius 1 is 1.44 bits per heavy atom. The van der Waals surface area contributed by atoms with Gasteiger partial charge < -0.3 is 10.6 Å². The minimum absolute atomic E-state index is 0.0283. The zero-order valence-electron chi connectivity index (χ0n) is 14.9. The second-order valence-corrected chi connectivity index (χ2v) is 9.71. The highest BCUT2D eigenvalue weighted by Gasteiger charge is 2.67. The highest BCUT2D eigenvalue weighted by Crippen LogP contribution is 2.61. The number of fused-ring (bicyclic) bond motifs is 1. The zero-order valence-corrected chi connectivity index (χ0v) is 17.3. The maximum Gasteiger partial charge on any atom is 0.240 e. The van der Waals surface area contributed by atoms with E-state index < -0.39 is 27.4 Å². The third-order valence-corrected chi connectivity index (χ3v) is 7.27. The summed E-state index contributed by atoms with van der Waals surface area (Å²) in [7, 11) is -3.46. The van der Waals surface area contributed by atoms with Crippen LogP contribution in [0.1, 0.15) is 24.8 Å². The van der Waals surface area contributed by atoms with Crippen molar-refractivity contribution in [2.24, 2.45) is 11.1 Å². The fourth-order valence-electron chi connectivity index (χ4n) is 3.93. The normalized spacial score (nSPS) is 26.5. The van der Waals surface area contributed by atoms with E-state index in [9.17, 15) is 13.2 Å². The predicted molar refractivity (Wildman–Crippen MR) is 110 cm³/mol. The summed E-state index contributed by atoms with van der Waals surface area (Å²) in [6.07, 6.45) is 4.99. The van der Waals surface area contributed by atoms with Gasteiger partial charge in [-0.05, 0) is 47.3 Å². The van der Waals surface area contributed by atoms with Crippen LogP contribution in [-0.4, -0.2) is 43.7 Å². The molecule has 3 unspecified atom stereocenters. The topological polar surface area (TPSA) is 105 Å². The van der Waals surface area contributed by atoms with Crippen molar-refractivity contribution in [3.63, 3.8) is 0 Å². The SMILES string of the molecule is C=CCCNS(=O)(=O)CC12CC(C(N)=O)N(c3nc(Br)ccc3C=C)C1C2. The van der Waals surface area contributed by atoms with Gasteiger partial charge in [-0.1, -0.05) is 18.7 Å². The van der Waals surface area contributed by atoms with Crippen molar-refractivity contribution in [1.82, 2.24) is 9.71 Å². The number of anilines is 1. The van der Waals surface area contributed by atoms with Gasteiger partial charge in [0.05, 0.1) is 5.75 Å². The van der Waals surface area contributed by atoms with E-state index in [1.165, 1.54) is 0 Å². The standard InChI is InChI=1S/C18H23BrN4O3S/c1-3-5-8-21-27(25,26)11-18-9-13(16(20)24)23(14(18)10-18)17-12(4-2)6-7-15(19)22-17/h3-4,6-7,13-14,21H,1-2,5,8-11H2,(H2,20,24). The largest absolute Gasteiger partial charge is 0.368 e. The number of aromatic nitrogens is 1. The lowest BCUT2D eigenvalue weighted by molar-refractivity contribution is -0.119. The minimum Gasteiger partial charge on any atom is -0.368 e. The van der Waals surface area contributed by atoms with Crippen LogP contribution < -0.4 is 15.4 Å². The number of nitrogens with zero attached hydrogens (tertiary/aromatic N) is 2. The van der Waals surface area contributed by atoms with Gasteiger partial charge in [0, 0.05) is 23.6 Å². The number of nitrogens with one attached hydrogen (secondary N) is 1. The molecular formula is C18H23BrN4O3S. The van der Waals surface area contributed by atoms with Gasteiger partial charge in [0.25, 0.3) is 0 Å². The monoisotopic (exact) mass is 454 g/mol. The number of rotatable bonds is 9. The molecule has 1 saturated heterocycles. The number of amides is 1. The third-order valence-electron chi connectivity index (χ3n) is 5.23. The Kier molecular flexibility index (Phi) is 5.47. The first kappa shape index (κ1) is 20.0. The van der Waals surface area contributed by atoms with E-state index in [1.807, 2.05) is 11.0 Å². The van der Waals surface area contributed by atoms with Crippen molar-refractivity contribution >= 4 is 43.8 Å². The molecule has 0 bridgehead atoms. The summed E-state index contributed by atoms with van der Waals surface area (Å²) >= 11 is 3.36. The molecule has 3 rings (SSSR count). The number of carbonyl (C=O) groups excluding carboxylic acids is 1. The van der Waals surface area contributed by atoms with Gasteiger partial charge in [0.1, 0.15) is 16.5 Å². The molecule has 0 radical (unpaired) electrons. The van der Waals surface area contributed by atoms with Gasteiger partial charge in [-0.15, -0.1) is 6.58 Å². The molecule has 1 amide bonds. The van der Waals surface area contributed by atoms with Gasteiger partial charge in [0.15, 0.2) is 0 Å². The average molecular weight is 455 g/mol. The van der Waals surface area contributed by atoms with Crippen LogP contribution in [0.4, 0.5) is 5.82 Å².